The van der Waals surface area contributed by atoms with Crippen LogP contribution >= 0.6 is 0 Å². The molecule has 1 amide bonds. The van der Waals surface area contributed by atoms with E-state index >= 15 is 0 Å². The predicted octanol–water partition coefficient (Wildman–Crippen LogP) is 1.82. The Labute approximate surface area is 92.8 Å². The fourth-order valence-electron chi connectivity index (χ4n) is 1.31. The van der Waals surface area contributed by atoms with Crippen molar-refractivity contribution in [3.8, 4) is 11.3 Å². The van der Waals surface area contributed by atoms with E-state index in [1.165, 1.54) is 4.58 Å². The fourth-order valence-corrected chi connectivity index (χ4v) is 1.31. The molecule has 4 nitrogen and oxygen atoms in total. The van der Waals surface area contributed by atoms with Crippen molar-refractivity contribution in [2.24, 2.45) is 0 Å². The van der Waals surface area contributed by atoms with Crippen LogP contribution in [0.2, 0.25) is 0 Å². The smallest absolute Gasteiger partial charge is 0.345 e. The van der Waals surface area contributed by atoms with Gasteiger partial charge in [-0.05, 0) is 0 Å². The molecule has 0 spiro atoms. The zero-order valence-electron chi connectivity index (χ0n) is 8.88. The summed E-state index contributed by atoms with van der Waals surface area (Å²) < 4.78 is 6.16. The molecular formula is C12H11N2O2+. The van der Waals surface area contributed by atoms with Gasteiger partial charge in [-0.1, -0.05) is 35.5 Å². The number of benzene rings is 1. The van der Waals surface area contributed by atoms with Gasteiger partial charge in [-0.3, -0.25) is 0 Å². The lowest BCUT2D eigenvalue weighted by Crippen LogP contribution is -2.13. The van der Waals surface area contributed by atoms with E-state index in [1.807, 2.05) is 30.3 Å². The maximum atomic E-state index is 11.5. The summed E-state index contributed by atoms with van der Waals surface area (Å²) in [4.78, 5) is 11.5. The Morgan fingerprint density at radius 3 is 2.69 bits per heavy atom. The lowest BCUT2D eigenvalue weighted by atomic mass is 10.1. The Kier molecular flexibility index (Phi) is 2.64. The van der Waals surface area contributed by atoms with E-state index < -0.39 is 0 Å². The average molecular weight is 215 g/mol. The van der Waals surface area contributed by atoms with Gasteiger partial charge >= 0.3 is 5.91 Å². The van der Waals surface area contributed by atoms with Crippen LogP contribution in [0.3, 0.4) is 0 Å². The molecule has 4 heteroatoms. The average Bonchev–Trinajstić information content (AvgIpc) is 2.78. The molecule has 1 aromatic heterocycles. The molecular weight excluding hydrogens is 204 g/mol. The molecule has 1 aromatic carbocycles. The van der Waals surface area contributed by atoms with E-state index in [-0.39, 0.29) is 11.7 Å². The van der Waals surface area contributed by atoms with Gasteiger partial charge < -0.3 is 4.52 Å². The standard InChI is InChI=1S/C12H11N2O2/c1-14(2)12(15)11-8-10(13-16-11)9-6-4-3-5-7-9/h3-8H,1H2,2H3/q+1. The largest absolute Gasteiger partial charge is 0.457 e. The Balaban J connectivity index is 2.34. The summed E-state index contributed by atoms with van der Waals surface area (Å²) in [6.45, 7) is 3.49. The number of nitrogens with zero attached hydrogens (tertiary/aromatic N) is 2. The fraction of sp³-hybridized carbons (Fsp3) is 0.0833. The van der Waals surface area contributed by atoms with Crippen molar-refractivity contribution in [3.05, 3.63) is 42.2 Å². The predicted molar refractivity (Wildman–Crippen MR) is 59.6 cm³/mol. The molecule has 0 aliphatic rings. The van der Waals surface area contributed by atoms with Gasteiger partial charge in [-0.25, -0.2) is 4.79 Å². The number of amides is 1. The Morgan fingerprint density at radius 2 is 2.06 bits per heavy atom. The zero-order valence-corrected chi connectivity index (χ0v) is 8.88. The number of hydrogen-bond acceptors (Lipinski definition) is 3. The van der Waals surface area contributed by atoms with Crippen molar-refractivity contribution in [1.29, 1.82) is 0 Å². The minimum absolute atomic E-state index is 0.191. The topological polar surface area (TPSA) is 46.1 Å². The van der Waals surface area contributed by atoms with Crippen LogP contribution in [-0.2, 0) is 0 Å². The second-order valence-electron chi connectivity index (χ2n) is 3.45. The highest BCUT2D eigenvalue weighted by atomic mass is 16.5. The molecule has 0 aliphatic heterocycles. The first kappa shape index (κ1) is 10.3. The number of hydrogen-bond donors (Lipinski definition) is 0. The van der Waals surface area contributed by atoms with E-state index in [0.717, 1.165) is 5.56 Å². The van der Waals surface area contributed by atoms with Crippen molar-refractivity contribution in [3.63, 3.8) is 0 Å². The van der Waals surface area contributed by atoms with Crippen LogP contribution in [-0.4, -0.2) is 29.4 Å². The molecule has 0 radical (unpaired) electrons. The number of carbonyl (C=O) groups is 1. The van der Waals surface area contributed by atoms with Gasteiger partial charge in [0.1, 0.15) is 19.5 Å². The van der Waals surface area contributed by atoms with Crippen LogP contribution in [0, 0.1) is 0 Å². The molecule has 0 saturated carbocycles. The number of carbonyl (C=O) groups excluding carboxylic acids is 1. The first-order valence-electron chi connectivity index (χ1n) is 4.79. The summed E-state index contributed by atoms with van der Waals surface area (Å²) in [7, 11) is 1.56. The second-order valence-corrected chi connectivity index (χ2v) is 3.45. The van der Waals surface area contributed by atoms with Crippen LogP contribution in [0.1, 0.15) is 10.6 Å². The maximum Gasteiger partial charge on any atom is 0.457 e. The van der Waals surface area contributed by atoms with Gasteiger partial charge in [0, 0.05) is 11.6 Å². The van der Waals surface area contributed by atoms with E-state index in [0.29, 0.717) is 5.69 Å². The number of aromatic nitrogens is 1. The zero-order chi connectivity index (χ0) is 11.5. The maximum absolute atomic E-state index is 11.5. The lowest BCUT2D eigenvalue weighted by Gasteiger charge is -1.91. The Morgan fingerprint density at radius 1 is 1.38 bits per heavy atom. The SMILES string of the molecule is C=[N+](C)C(=O)c1cc(-c2ccccc2)no1. The van der Waals surface area contributed by atoms with Crippen LogP contribution < -0.4 is 0 Å². The van der Waals surface area contributed by atoms with Crippen molar-refractivity contribution in [2.45, 2.75) is 0 Å². The summed E-state index contributed by atoms with van der Waals surface area (Å²) in [5.41, 5.74) is 1.56. The molecule has 1 heterocycles. The van der Waals surface area contributed by atoms with Crippen LogP contribution in [0.4, 0.5) is 0 Å². The molecule has 16 heavy (non-hydrogen) atoms. The number of rotatable bonds is 2. The summed E-state index contributed by atoms with van der Waals surface area (Å²) in [6.07, 6.45) is 0. The molecule has 80 valence electrons. The van der Waals surface area contributed by atoms with E-state index in [4.69, 9.17) is 4.52 Å². The summed E-state index contributed by atoms with van der Waals surface area (Å²) in [5.74, 6) is -0.106. The van der Waals surface area contributed by atoms with Crippen LogP contribution in [0.25, 0.3) is 11.3 Å². The molecule has 2 rings (SSSR count). The highest BCUT2D eigenvalue weighted by Gasteiger charge is 2.20. The molecule has 0 saturated heterocycles. The summed E-state index contributed by atoms with van der Waals surface area (Å²) in [6, 6.07) is 11.1. The molecule has 0 bridgehead atoms. The Hall–Kier alpha value is -2.23. The highest BCUT2D eigenvalue weighted by Crippen LogP contribution is 2.18. The van der Waals surface area contributed by atoms with Crippen molar-refractivity contribution >= 4 is 12.6 Å². The third kappa shape index (κ3) is 1.91. The van der Waals surface area contributed by atoms with Gasteiger partial charge in [-0.2, -0.15) is 4.58 Å². The molecule has 0 aliphatic carbocycles. The van der Waals surface area contributed by atoms with Crippen LogP contribution in [0.5, 0.6) is 0 Å². The third-order valence-corrected chi connectivity index (χ3v) is 2.14. The van der Waals surface area contributed by atoms with E-state index in [1.54, 1.807) is 13.1 Å². The third-order valence-electron chi connectivity index (χ3n) is 2.14. The van der Waals surface area contributed by atoms with Gasteiger partial charge in [0.2, 0.25) is 0 Å². The van der Waals surface area contributed by atoms with Crippen molar-refractivity contribution < 1.29 is 13.9 Å². The Bertz CT molecular complexity index is 529. The molecule has 0 atom stereocenters. The quantitative estimate of drug-likeness (QED) is 0.567. The van der Waals surface area contributed by atoms with Gasteiger partial charge in [-0.15, -0.1) is 0 Å². The first-order valence-corrected chi connectivity index (χ1v) is 4.79. The molecule has 0 fully saturated rings. The van der Waals surface area contributed by atoms with E-state index in [9.17, 15) is 4.79 Å². The molecule has 0 unspecified atom stereocenters. The lowest BCUT2D eigenvalue weighted by molar-refractivity contribution is -0.385. The minimum Gasteiger partial charge on any atom is -0.345 e. The van der Waals surface area contributed by atoms with Gasteiger partial charge in [0.05, 0.1) is 0 Å². The summed E-state index contributed by atoms with van der Waals surface area (Å²) >= 11 is 0. The van der Waals surface area contributed by atoms with Crippen molar-refractivity contribution in [2.75, 3.05) is 7.05 Å². The van der Waals surface area contributed by atoms with Crippen LogP contribution in [0.15, 0.2) is 40.9 Å². The monoisotopic (exact) mass is 215 g/mol. The first-order chi connectivity index (χ1) is 7.68. The van der Waals surface area contributed by atoms with E-state index in [2.05, 4.69) is 11.9 Å². The molecule has 0 N–H and O–H groups in total. The normalized spacial score (nSPS) is 10.1. The van der Waals surface area contributed by atoms with Gasteiger partial charge in [0.25, 0.3) is 5.76 Å². The second kappa shape index (κ2) is 4.10. The minimum atomic E-state index is -0.297. The van der Waals surface area contributed by atoms with Gasteiger partial charge in [0.15, 0.2) is 0 Å². The molecule has 2 aromatic rings. The van der Waals surface area contributed by atoms with Crippen molar-refractivity contribution in [1.82, 2.24) is 5.16 Å². The summed E-state index contributed by atoms with van der Waals surface area (Å²) in [5, 5.41) is 3.84. The highest BCUT2D eigenvalue weighted by molar-refractivity contribution is 5.86.